The van der Waals surface area contributed by atoms with E-state index in [0.29, 0.717) is 37.6 Å². The molecule has 5 aliphatic carbocycles. The highest BCUT2D eigenvalue weighted by atomic mass is 16.5. The number of ether oxygens (including phenoxy) is 2. The van der Waals surface area contributed by atoms with Crippen LogP contribution in [0.25, 0.3) is 0 Å². The van der Waals surface area contributed by atoms with Crippen LogP contribution in [0.15, 0.2) is 18.0 Å². The van der Waals surface area contributed by atoms with Crippen LogP contribution in [0.3, 0.4) is 0 Å². The molecule has 1 saturated heterocycles. The van der Waals surface area contributed by atoms with Gasteiger partial charge in [0.2, 0.25) is 5.82 Å². The molecule has 296 valence electrons. The second kappa shape index (κ2) is 13.7. The van der Waals surface area contributed by atoms with Crippen LogP contribution in [0, 0.1) is 56.7 Å². The number of nitrogens with one attached hydrogen (secondary N) is 1. The van der Waals surface area contributed by atoms with Gasteiger partial charge in [-0.15, -0.1) is 0 Å². The minimum atomic E-state index is -0.641. The van der Waals surface area contributed by atoms with Gasteiger partial charge in [-0.1, -0.05) is 86.3 Å². The van der Waals surface area contributed by atoms with E-state index in [0.717, 1.165) is 64.3 Å². The van der Waals surface area contributed by atoms with Gasteiger partial charge in [-0.2, -0.15) is 5.10 Å². The average molecular weight is 736 g/mol. The lowest BCUT2D eigenvalue weighted by molar-refractivity contribution is -0.253. The molecule has 2 heterocycles. The second-order valence-corrected chi connectivity index (χ2v) is 20.0. The molecule has 2 bridgehead atoms. The number of primary amides is 1. The number of hydrogen-bond acceptors (Lipinski definition) is 7. The van der Waals surface area contributed by atoms with E-state index in [2.05, 4.69) is 71.8 Å². The first-order chi connectivity index (χ1) is 25.0. The highest BCUT2D eigenvalue weighted by Gasteiger charge is 2.72. The van der Waals surface area contributed by atoms with Gasteiger partial charge in [0.15, 0.2) is 0 Å². The Morgan fingerprint density at radius 3 is 2.45 bits per heavy atom. The minimum absolute atomic E-state index is 0.0695. The van der Waals surface area contributed by atoms with Crippen molar-refractivity contribution < 1.29 is 24.2 Å². The lowest BCUT2D eigenvalue weighted by atomic mass is 9.34. The van der Waals surface area contributed by atoms with Gasteiger partial charge >= 0.3 is 5.97 Å². The maximum Gasteiger partial charge on any atom is 0.307 e. The topological polar surface area (TPSA) is 142 Å². The van der Waals surface area contributed by atoms with Crippen molar-refractivity contribution in [2.75, 3.05) is 26.4 Å². The molecule has 4 saturated carbocycles. The van der Waals surface area contributed by atoms with E-state index in [-0.39, 0.29) is 51.1 Å². The number of hydrogen-bond donors (Lipinski definition) is 3. The molecule has 10 heteroatoms. The molecule has 1 aromatic rings. The summed E-state index contributed by atoms with van der Waals surface area (Å²) in [6.45, 7) is 21.1. The SMILES string of the molecule is CCCNC1(CO[C@H]2[C@H](n3ncnc3C(N)=O)C[C@@]34COC[C@]2(C)[C@@H]3CC[C@H]2C4=CC[C@@]3(C)[C@H](C(=O)O)[C@@](C)([C@H](C)C(C)C)CC[C@]23C)CCCCC1. The molecular weight excluding hydrogens is 667 g/mol. The Morgan fingerprint density at radius 2 is 1.79 bits per heavy atom. The van der Waals surface area contributed by atoms with E-state index < -0.39 is 23.2 Å². The molecule has 0 spiro atoms. The predicted molar refractivity (Wildman–Crippen MR) is 205 cm³/mol. The number of fused-ring (bicyclic) bond motifs is 3. The fraction of sp³-hybridized carbons (Fsp3) is 0.860. The maximum absolute atomic E-state index is 13.5. The molecule has 0 aromatic carbocycles. The molecule has 0 unspecified atom stereocenters. The number of amides is 1. The van der Waals surface area contributed by atoms with Crippen molar-refractivity contribution >= 4 is 11.9 Å². The summed E-state index contributed by atoms with van der Waals surface area (Å²) in [6.07, 6.45) is 16.1. The molecule has 4 N–H and O–H groups in total. The number of rotatable bonds is 11. The summed E-state index contributed by atoms with van der Waals surface area (Å²) in [5, 5.41) is 19.8. The molecule has 1 aliphatic heterocycles. The smallest absolute Gasteiger partial charge is 0.307 e. The molecule has 1 amide bonds. The van der Waals surface area contributed by atoms with Crippen molar-refractivity contribution in [3.05, 3.63) is 23.8 Å². The van der Waals surface area contributed by atoms with Crippen molar-refractivity contribution in [1.82, 2.24) is 20.1 Å². The van der Waals surface area contributed by atoms with Crippen LogP contribution >= 0.6 is 0 Å². The first kappa shape index (κ1) is 39.0. The van der Waals surface area contributed by atoms with Gasteiger partial charge in [-0.3, -0.25) is 9.59 Å². The van der Waals surface area contributed by atoms with E-state index in [1.54, 1.807) is 4.68 Å². The van der Waals surface area contributed by atoms with Gasteiger partial charge in [-0.05, 0) is 104 Å². The number of allylic oxidation sites excluding steroid dienone is 1. The third-order valence-electron chi connectivity index (χ3n) is 17.3. The lowest BCUT2D eigenvalue weighted by Crippen LogP contribution is -2.69. The van der Waals surface area contributed by atoms with E-state index in [9.17, 15) is 14.7 Å². The van der Waals surface area contributed by atoms with Gasteiger partial charge < -0.3 is 25.6 Å². The maximum atomic E-state index is 13.5. The van der Waals surface area contributed by atoms with Gasteiger partial charge in [0.05, 0.1) is 37.9 Å². The zero-order valence-electron chi connectivity index (χ0n) is 34.0. The van der Waals surface area contributed by atoms with Crippen LogP contribution in [0.2, 0.25) is 0 Å². The third kappa shape index (κ3) is 5.71. The quantitative estimate of drug-likeness (QED) is 0.198. The largest absolute Gasteiger partial charge is 0.481 e. The summed E-state index contributed by atoms with van der Waals surface area (Å²) in [5.74, 6) is -0.221. The second-order valence-electron chi connectivity index (χ2n) is 20.0. The summed E-state index contributed by atoms with van der Waals surface area (Å²) in [7, 11) is 0. The molecule has 5 fully saturated rings. The number of nitrogens with two attached hydrogens (primary N) is 1. The Morgan fingerprint density at radius 1 is 1.06 bits per heavy atom. The third-order valence-corrected chi connectivity index (χ3v) is 17.3. The summed E-state index contributed by atoms with van der Waals surface area (Å²) < 4.78 is 15.9. The number of carboxylic acids is 1. The molecule has 6 aliphatic rings. The number of aliphatic carboxylic acids is 1. The number of carbonyl (C=O) groups excluding carboxylic acids is 1. The van der Waals surface area contributed by atoms with Crippen molar-refractivity contribution in [2.45, 2.75) is 150 Å². The summed E-state index contributed by atoms with van der Waals surface area (Å²) in [6, 6.07) is -0.258. The average Bonchev–Trinajstić information content (AvgIpc) is 3.61. The standard InChI is InChI=1S/C43H69N5O5/c1-9-21-46-42(16-11-10-12-17-42)24-53-34-31(48-36(35(44)49)45-26-47-48)22-43-25-52-23-39(34,6)32(43)14-13-29-30(43)15-18-41(8)33(37(50)51)38(5,28(4)27(2)3)19-20-40(29,41)7/h15,26-29,31-34,46H,9-14,16-25H2,1-8H3,(H2,44,49)(H,50,51)/t28-,29+,31-,32+,33-,34+,38-,39-,40-,41+,43+/m1/s1. The van der Waals surface area contributed by atoms with Crippen molar-refractivity contribution in [3.63, 3.8) is 0 Å². The van der Waals surface area contributed by atoms with Gasteiger partial charge in [0.25, 0.3) is 5.91 Å². The van der Waals surface area contributed by atoms with E-state index >= 15 is 0 Å². The number of carboxylic acid groups (broad SMARTS) is 1. The Kier molecular flexibility index (Phi) is 10.1. The highest BCUT2D eigenvalue weighted by molar-refractivity contribution is 5.89. The number of aromatic nitrogens is 3. The summed E-state index contributed by atoms with van der Waals surface area (Å²) in [5.41, 5.74) is 5.85. The molecule has 0 radical (unpaired) electrons. The van der Waals surface area contributed by atoms with E-state index in [1.165, 1.54) is 31.2 Å². The fourth-order valence-electron chi connectivity index (χ4n) is 14.0. The number of carbonyl (C=O) groups is 2. The zero-order chi connectivity index (χ0) is 38.2. The molecular formula is C43H69N5O5. The Hall–Kier alpha value is -2.30. The zero-order valence-corrected chi connectivity index (χ0v) is 34.0. The molecule has 11 atom stereocenters. The van der Waals surface area contributed by atoms with Crippen LogP contribution in [0.4, 0.5) is 0 Å². The first-order valence-electron chi connectivity index (χ1n) is 21.1. The van der Waals surface area contributed by atoms with Crippen LogP contribution in [0.1, 0.15) is 149 Å². The van der Waals surface area contributed by atoms with Crippen LogP contribution < -0.4 is 11.1 Å². The fourth-order valence-corrected chi connectivity index (χ4v) is 14.0. The predicted octanol–water partition coefficient (Wildman–Crippen LogP) is 7.59. The first-order valence-corrected chi connectivity index (χ1v) is 21.1. The minimum Gasteiger partial charge on any atom is -0.481 e. The van der Waals surface area contributed by atoms with Crippen molar-refractivity contribution in [1.29, 1.82) is 0 Å². The molecule has 10 nitrogen and oxygen atoms in total. The molecule has 53 heavy (non-hydrogen) atoms. The summed E-state index contributed by atoms with van der Waals surface area (Å²) >= 11 is 0. The monoisotopic (exact) mass is 736 g/mol. The molecule has 7 rings (SSSR count). The van der Waals surface area contributed by atoms with Crippen molar-refractivity contribution in [2.24, 2.45) is 62.4 Å². The summed E-state index contributed by atoms with van der Waals surface area (Å²) in [4.78, 5) is 30.8. The Bertz CT molecular complexity index is 1590. The highest BCUT2D eigenvalue weighted by Crippen LogP contribution is 2.75. The van der Waals surface area contributed by atoms with Crippen LogP contribution in [-0.2, 0) is 14.3 Å². The normalized spacial score (nSPS) is 42.5. The van der Waals surface area contributed by atoms with E-state index in [4.69, 9.17) is 20.3 Å². The van der Waals surface area contributed by atoms with E-state index in [1.807, 2.05) is 0 Å². The Balaban J connectivity index is 1.31. The van der Waals surface area contributed by atoms with Crippen molar-refractivity contribution in [3.8, 4) is 0 Å². The number of nitrogens with zero attached hydrogens (tertiary/aromatic N) is 3. The van der Waals surface area contributed by atoms with Crippen LogP contribution in [0.5, 0.6) is 0 Å². The van der Waals surface area contributed by atoms with Gasteiger partial charge in [0.1, 0.15) is 6.33 Å². The van der Waals surface area contributed by atoms with Crippen LogP contribution in [-0.4, -0.2) is 69.8 Å². The van der Waals surface area contributed by atoms with Gasteiger partial charge in [-0.25, -0.2) is 9.67 Å². The van der Waals surface area contributed by atoms with Gasteiger partial charge in [0, 0.05) is 16.4 Å². The molecule has 1 aromatic heterocycles. The lowest BCUT2D eigenvalue weighted by Gasteiger charge is -2.71. The Labute approximate surface area is 318 Å².